The van der Waals surface area contributed by atoms with E-state index in [-0.39, 0.29) is 5.84 Å². The fraction of sp³-hybridized carbons (Fsp3) is 0.500. The van der Waals surface area contributed by atoms with Crippen LogP contribution >= 0.6 is 15.9 Å². The summed E-state index contributed by atoms with van der Waals surface area (Å²) in [6.07, 6.45) is 2.51. The Balaban J connectivity index is 2.20. The van der Waals surface area contributed by atoms with Crippen LogP contribution in [-0.4, -0.2) is 44.0 Å². The van der Waals surface area contributed by atoms with Gasteiger partial charge in [0, 0.05) is 35.4 Å². The third kappa shape index (κ3) is 3.28. The number of nitrogens with two attached hydrogens (primary N) is 1. The molecule has 1 aliphatic rings. The number of likely N-dealkylation sites (N-methyl/N-ethyl adjacent to an activating group) is 2. The molecule has 4 nitrogen and oxygen atoms in total. The highest BCUT2D eigenvalue weighted by Crippen LogP contribution is 2.26. The molecule has 1 aromatic rings. The molecule has 0 saturated carbocycles. The summed E-state index contributed by atoms with van der Waals surface area (Å²) in [5.41, 5.74) is 7.48. The molecule has 1 saturated heterocycles. The second-order valence-electron chi connectivity index (χ2n) is 5.23. The number of hydrogen-bond donors (Lipinski definition) is 2. The minimum absolute atomic E-state index is 0.120. The van der Waals surface area contributed by atoms with Crippen molar-refractivity contribution in [3.05, 3.63) is 28.2 Å². The third-order valence-corrected chi connectivity index (χ3v) is 4.31. The number of rotatable bonds is 4. The van der Waals surface area contributed by atoms with E-state index in [1.165, 1.54) is 19.4 Å². The Morgan fingerprint density at radius 1 is 1.58 bits per heavy atom. The first-order valence-electron chi connectivity index (χ1n) is 6.54. The van der Waals surface area contributed by atoms with E-state index in [0.717, 1.165) is 22.3 Å². The van der Waals surface area contributed by atoms with Gasteiger partial charge < -0.3 is 15.5 Å². The van der Waals surface area contributed by atoms with Gasteiger partial charge in [0.1, 0.15) is 5.84 Å². The van der Waals surface area contributed by atoms with Crippen molar-refractivity contribution in [1.82, 2.24) is 4.90 Å². The minimum atomic E-state index is 0.120. The number of hydrogen-bond acceptors (Lipinski definition) is 3. The monoisotopic (exact) mass is 324 g/mol. The topological polar surface area (TPSA) is 56.4 Å². The van der Waals surface area contributed by atoms with Gasteiger partial charge in [0.25, 0.3) is 0 Å². The molecule has 1 aliphatic heterocycles. The Bertz CT molecular complexity index is 475. The van der Waals surface area contributed by atoms with Crippen LogP contribution in [0.3, 0.4) is 0 Å². The van der Waals surface area contributed by atoms with Crippen LogP contribution in [-0.2, 0) is 0 Å². The maximum atomic E-state index is 7.69. The highest BCUT2D eigenvalue weighted by Gasteiger charge is 2.23. The summed E-state index contributed by atoms with van der Waals surface area (Å²) < 4.78 is 1.01. The van der Waals surface area contributed by atoms with E-state index >= 15 is 0 Å². The maximum absolute atomic E-state index is 7.69. The lowest BCUT2D eigenvalue weighted by Gasteiger charge is -2.28. The van der Waals surface area contributed by atoms with Crippen LogP contribution in [0.4, 0.5) is 5.69 Å². The molecule has 0 radical (unpaired) electrons. The predicted octanol–water partition coefficient (Wildman–Crippen LogP) is 2.26. The predicted molar refractivity (Wildman–Crippen MR) is 84.1 cm³/mol. The summed E-state index contributed by atoms with van der Waals surface area (Å²) in [6, 6.07) is 6.45. The number of nitrogen functional groups attached to an aromatic ring is 1. The van der Waals surface area contributed by atoms with Crippen molar-refractivity contribution in [2.24, 2.45) is 5.73 Å². The summed E-state index contributed by atoms with van der Waals surface area (Å²) in [5.74, 6) is 0.120. The van der Waals surface area contributed by atoms with E-state index in [1.807, 2.05) is 18.2 Å². The second-order valence-corrected chi connectivity index (χ2v) is 6.15. The number of benzene rings is 1. The Morgan fingerprint density at radius 3 is 2.89 bits per heavy atom. The molecule has 104 valence electrons. The second kappa shape index (κ2) is 5.92. The van der Waals surface area contributed by atoms with Crippen LogP contribution in [0.2, 0.25) is 0 Å². The normalized spacial score (nSPS) is 19.6. The zero-order valence-electron chi connectivity index (χ0n) is 11.5. The molecule has 5 heteroatoms. The van der Waals surface area contributed by atoms with Crippen molar-refractivity contribution in [3.8, 4) is 0 Å². The molecular formula is C14H21BrN4. The summed E-state index contributed by atoms with van der Waals surface area (Å²) in [4.78, 5) is 4.61. The largest absolute Gasteiger partial charge is 0.384 e. The Labute approximate surface area is 123 Å². The number of nitrogens with one attached hydrogen (secondary N) is 1. The number of halogens is 1. The molecule has 1 heterocycles. The molecule has 0 aromatic heterocycles. The molecule has 2 rings (SSSR count). The van der Waals surface area contributed by atoms with E-state index in [9.17, 15) is 0 Å². The van der Waals surface area contributed by atoms with Gasteiger partial charge in [-0.05, 0) is 44.6 Å². The van der Waals surface area contributed by atoms with Crippen LogP contribution in [0.5, 0.6) is 0 Å². The molecule has 1 fully saturated rings. The average molecular weight is 325 g/mol. The molecule has 0 amide bonds. The van der Waals surface area contributed by atoms with Gasteiger partial charge in [0.05, 0.1) is 0 Å². The van der Waals surface area contributed by atoms with E-state index < -0.39 is 0 Å². The van der Waals surface area contributed by atoms with Crippen LogP contribution in [0.25, 0.3) is 0 Å². The number of anilines is 1. The van der Waals surface area contributed by atoms with Crippen molar-refractivity contribution < 1.29 is 0 Å². The summed E-state index contributed by atoms with van der Waals surface area (Å²) >= 11 is 3.49. The molecule has 0 bridgehead atoms. The van der Waals surface area contributed by atoms with Crippen LogP contribution in [0.15, 0.2) is 22.7 Å². The van der Waals surface area contributed by atoms with Crippen molar-refractivity contribution in [2.45, 2.75) is 18.9 Å². The Morgan fingerprint density at radius 2 is 2.32 bits per heavy atom. The first-order valence-corrected chi connectivity index (χ1v) is 7.33. The standard InChI is InChI=1S/C14H21BrN4/c1-18-7-3-4-11(18)9-19(2)13-8-10(15)5-6-12(13)14(16)17/h5-6,8,11H,3-4,7,9H2,1-2H3,(H3,16,17). The van der Waals surface area contributed by atoms with Gasteiger partial charge in [0.2, 0.25) is 0 Å². The lowest BCUT2D eigenvalue weighted by molar-refractivity contribution is 0.314. The van der Waals surface area contributed by atoms with Crippen molar-refractivity contribution >= 4 is 27.5 Å². The molecule has 1 atom stereocenters. The molecule has 0 spiro atoms. The molecule has 19 heavy (non-hydrogen) atoms. The van der Waals surface area contributed by atoms with Gasteiger partial charge in [-0.15, -0.1) is 0 Å². The van der Waals surface area contributed by atoms with Crippen molar-refractivity contribution in [2.75, 3.05) is 32.1 Å². The molecule has 3 N–H and O–H groups in total. The lowest BCUT2D eigenvalue weighted by Crippen LogP contribution is -2.37. The van der Waals surface area contributed by atoms with Crippen molar-refractivity contribution in [1.29, 1.82) is 5.41 Å². The van der Waals surface area contributed by atoms with Crippen LogP contribution in [0.1, 0.15) is 18.4 Å². The van der Waals surface area contributed by atoms with E-state index in [1.54, 1.807) is 0 Å². The lowest BCUT2D eigenvalue weighted by atomic mass is 10.1. The first-order chi connectivity index (χ1) is 8.99. The molecule has 1 aromatic carbocycles. The number of nitrogens with zero attached hydrogens (tertiary/aromatic N) is 2. The maximum Gasteiger partial charge on any atom is 0.124 e. The zero-order valence-corrected chi connectivity index (χ0v) is 13.1. The summed E-state index contributed by atoms with van der Waals surface area (Å²) in [6.45, 7) is 2.14. The van der Waals surface area contributed by atoms with Gasteiger partial charge in [-0.1, -0.05) is 15.9 Å². The first kappa shape index (κ1) is 14.3. The van der Waals surface area contributed by atoms with Crippen LogP contribution < -0.4 is 10.6 Å². The molecular weight excluding hydrogens is 304 g/mol. The van der Waals surface area contributed by atoms with Gasteiger partial charge in [-0.25, -0.2) is 0 Å². The smallest absolute Gasteiger partial charge is 0.124 e. The summed E-state index contributed by atoms with van der Waals surface area (Å²) in [7, 11) is 4.25. The van der Waals surface area contributed by atoms with Gasteiger partial charge >= 0.3 is 0 Å². The fourth-order valence-corrected chi connectivity index (χ4v) is 3.02. The fourth-order valence-electron chi connectivity index (χ4n) is 2.67. The van der Waals surface area contributed by atoms with E-state index in [4.69, 9.17) is 11.1 Å². The van der Waals surface area contributed by atoms with Gasteiger partial charge in [-0.3, -0.25) is 5.41 Å². The molecule has 0 aliphatic carbocycles. The van der Waals surface area contributed by atoms with Gasteiger partial charge in [0.15, 0.2) is 0 Å². The highest BCUT2D eigenvalue weighted by atomic mass is 79.9. The van der Waals surface area contributed by atoms with Gasteiger partial charge in [-0.2, -0.15) is 0 Å². The summed E-state index contributed by atoms with van der Waals surface area (Å²) in [5, 5.41) is 7.69. The van der Waals surface area contributed by atoms with E-state index in [2.05, 4.69) is 39.8 Å². The molecule has 1 unspecified atom stereocenters. The minimum Gasteiger partial charge on any atom is -0.384 e. The Hall–Kier alpha value is -1.07. The quantitative estimate of drug-likeness (QED) is 0.659. The SMILES string of the molecule is CN(CC1CCCN1C)c1cc(Br)ccc1C(=N)N. The average Bonchev–Trinajstić information content (AvgIpc) is 2.74. The van der Waals surface area contributed by atoms with Crippen molar-refractivity contribution in [3.63, 3.8) is 0 Å². The number of amidine groups is 1. The highest BCUT2D eigenvalue weighted by molar-refractivity contribution is 9.10. The zero-order chi connectivity index (χ0) is 14.0. The Kier molecular flexibility index (Phi) is 4.47. The van der Waals surface area contributed by atoms with E-state index in [0.29, 0.717) is 6.04 Å². The number of likely N-dealkylation sites (tertiary alicyclic amines) is 1. The third-order valence-electron chi connectivity index (χ3n) is 3.82. The van der Waals surface area contributed by atoms with Crippen LogP contribution in [0, 0.1) is 5.41 Å².